The minimum atomic E-state index is -0.527. The van der Waals surface area contributed by atoms with Gasteiger partial charge in [-0.15, -0.1) is 0 Å². The third-order valence-electron chi connectivity index (χ3n) is 2.25. The van der Waals surface area contributed by atoms with E-state index < -0.39 is 11.7 Å². The number of Topliss-reactive ketones (excluding diaryl/α,β-unsaturated/α-hetero) is 1. The molecule has 3 heteroatoms. The molecule has 0 N–H and O–H groups in total. The van der Waals surface area contributed by atoms with E-state index >= 15 is 0 Å². The number of amides is 1. The summed E-state index contributed by atoms with van der Waals surface area (Å²) >= 11 is 0. The molecule has 1 aliphatic rings. The third-order valence-corrected chi connectivity index (χ3v) is 2.25. The summed E-state index contributed by atoms with van der Waals surface area (Å²) < 4.78 is 0. The largest absolute Gasteiger partial charge is 0.303 e. The van der Waals surface area contributed by atoms with Gasteiger partial charge in [-0.2, -0.15) is 0 Å². The second kappa shape index (κ2) is 2.80. The van der Waals surface area contributed by atoms with Gasteiger partial charge in [-0.1, -0.05) is 18.2 Å². The normalized spacial score (nSPS) is 14.5. The maximum absolute atomic E-state index is 11.5. The second-order valence-electron chi connectivity index (χ2n) is 3.21. The number of hydrogen-bond donors (Lipinski definition) is 0. The molecule has 1 aromatic carbocycles. The molecule has 2 rings (SSSR count). The Kier molecular flexibility index (Phi) is 1.74. The van der Waals surface area contributed by atoms with Gasteiger partial charge in [-0.05, 0) is 19.1 Å². The fourth-order valence-corrected chi connectivity index (χ4v) is 1.56. The van der Waals surface area contributed by atoms with Crippen LogP contribution in [0, 0.1) is 6.92 Å². The van der Waals surface area contributed by atoms with Crippen LogP contribution in [0.1, 0.15) is 15.9 Å². The summed E-state index contributed by atoms with van der Waals surface area (Å²) in [4.78, 5) is 24.2. The molecule has 0 aliphatic carbocycles. The zero-order valence-corrected chi connectivity index (χ0v) is 7.78. The highest BCUT2D eigenvalue weighted by molar-refractivity contribution is 6.52. The number of rotatable bonds is 1. The molecule has 0 saturated carbocycles. The Morgan fingerprint density at radius 2 is 2.07 bits per heavy atom. The van der Waals surface area contributed by atoms with E-state index in [0.717, 1.165) is 5.56 Å². The molecule has 0 aromatic heterocycles. The number of hydrogen-bond acceptors (Lipinski definition) is 2. The average molecular weight is 187 g/mol. The van der Waals surface area contributed by atoms with E-state index in [2.05, 4.69) is 6.58 Å². The molecule has 0 unspecified atom stereocenters. The highest BCUT2D eigenvalue weighted by atomic mass is 16.2. The molecule has 1 aromatic rings. The van der Waals surface area contributed by atoms with Gasteiger partial charge in [0.2, 0.25) is 0 Å². The van der Waals surface area contributed by atoms with Crippen molar-refractivity contribution in [3.8, 4) is 0 Å². The third kappa shape index (κ3) is 0.988. The Labute approximate surface area is 81.6 Å². The van der Waals surface area contributed by atoms with E-state index in [-0.39, 0.29) is 0 Å². The molecule has 0 fully saturated rings. The number of nitrogens with zero attached hydrogens (tertiary/aromatic N) is 1. The summed E-state index contributed by atoms with van der Waals surface area (Å²) in [5.74, 6) is -0.982. The van der Waals surface area contributed by atoms with E-state index in [0.29, 0.717) is 11.3 Å². The minimum Gasteiger partial charge on any atom is -0.283 e. The van der Waals surface area contributed by atoms with Gasteiger partial charge in [-0.3, -0.25) is 14.5 Å². The maximum Gasteiger partial charge on any atom is 0.303 e. The predicted octanol–water partition coefficient (Wildman–Crippen LogP) is 1.67. The number of ketones is 1. The lowest BCUT2D eigenvalue weighted by Crippen LogP contribution is -2.23. The Hall–Kier alpha value is -1.90. The van der Waals surface area contributed by atoms with Crippen LogP contribution < -0.4 is 4.90 Å². The summed E-state index contributed by atoms with van der Waals surface area (Å²) in [6, 6.07) is 5.34. The fourth-order valence-electron chi connectivity index (χ4n) is 1.56. The van der Waals surface area contributed by atoms with Crippen LogP contribution in [-0.4, -0.2) is 11.7 Å². The van der Waals surface area contributed by atoms with Crippen LogP contribution in [0.5, 0.6) is 0 Å². The van der Waals surface area contributed by atoms with Crippen molar-refractivity contribution in [3.05, 3.63) is 42.1 Å². The monoisotopic (exact) mass is 187 g/mol. The number of carbonyl (C=O) groups excluding carboxylic acids is 2. The molecule has 0 spiro atoms. The first-order valence-electron chi connectivity index (χ1n) is 4.26. The predicted molar refractivity (Wildman–Crippen MR) is 53.2 cm³/mol. The average Bonchev–Trinajstić information content (AvgIpc) is 2.41. The van der Waals surface area contributed by atoms with Crippen LogP contribution in [0.4, 0.5) is 5.69 Å². The number of carbonyl (C=O) groups is 2. The molecular weight excluding hydrogens is 178 g/mol. The van der Waals surface area contributed by atoms with E-state index in [1.807, 2.05) is 13.0 Å². The highest BCUT2D eigenvalue weighted by Gasteiger charge is 2.33. The highest BCUT2D eigenvalue weighted by Crippen LogP contribution is 2.29. The van der Waals surface area contributed by atoms with Crippen molar-refractivity contribution in [2.24, 2.45) is 0 Å². The Balaban J connectivity index is 2.67. The lowest BCUT2D eigenvalue weighted by molar-refractivity contribution is -0.113. The van der Waals surface area contributed by atoms with Crippen LogP contribution in [0.25, 0.3) is 0 Å². The van der Waals surface area contributed by atoms with E-state index in [4.69, 9.17) is 0 Å². The van der Waals surface area contributed by atoms with Gasteiger partial charge in [0.05, 0.1) is 11.3 Å². The van der Waals surface area contributed by atoms with Crippen molar-refractivity contribution in [2.75, 3.05) is 4.90 Å². The summed E-state index contributed by atoms with van der Waals surface area (Å²) in [5.41, 5.74) is 2.06. The van der Waals surface area contributed by atoms with Gasteiger partial charge in [0, 0.05) is 6.20 Å². The Morgan fingerprint density at radius 1 is 1.36 bits per heavy atom. The van der Waals surface area contributed by atoms with Crippen molar-refractivity contribution >= 4 is 17.4 Å². The molecule has 1 aliphatic heterocycles. The second-order valence-corrected chi connectivity index (χ2v) is 3.21. The minimum absolute atomic E-state index is 0.455. The first-order chi connectivity index (χ1) is 6.65. The van der Waals surface area contributed by atoms with Gasteiger partial charge in [-0.25, -0.2) is 0 Å². The molecule has 3 nitrogen and oxygen atoms in total. The maximum atomic E-state index is 11.5. The van der Waals surface area contributed by atoms with Crippen molar-refractivity contribution in [1.82, 2.24) is 0 Å². The van der Waals surface area contributed by atoms with Gasteiger partial charge < -0.3 is 0 Å². The first-order valence-corrected chi connectivity index (χ1v) is 4.26. The van der Waals surface area contributed by atoms with E-state index in [1.165, 1.54) is 11.1 Å². The van der Waals surface area contributed by atoms with Crippen molar-refractivity contribution < 1.29 is 9.59 Å². The molecule has 70 valence electrons. The van der Waals surface area contributed by atoms with Gasteiger partial charge in [0.1, 0.15) is 0 Å². The fraction of sp³-hybridized carbons (Fsp3) is 0.0909. The molecule has 0 atom stereocenters. The van der Waals surface area contributed by atoms with Crippen LogP contribution in [0.3, 0.4) is 0 Å². The number of anilines is 1. The number of aryl methyl sites for hydroxylation is 1. The zero-order valence-electron chi connectivity index (χ0n) is 7.78. The van der Waals surface area contributed by atoms with Crippen LogP contribution in [-0.2, 0) is 4.79 Å². The Bertz CT molecular complexity index is 449. The molecular formula is C11H9NO2. The zero-order chi connectivity index (χ0) is 10.3. The number of benzene rings is 1. The summed E-state index contributed by atoms with van der Waals surface area (Å²) in [6.07, 6.45) is 1.36. The number of fused-ring (bicyclic) bond motifs is 1. The molecule has 0 radical (unpaired) electrons. The lowest BCUT2D eigenvalue weighted by atomic mass is 10.1. The lowest BCUT2D eigenvalue weighted by Gasteiger charge is -2.09. The standard InChI is InChI=1S/C11H9NO2/c1-3-12-9-5-4-7(2)6-8(9)10(13)11(12)14/h3-6H,1H2,2H3. The van der Waals surface area contributed by atoms with Gasteiger partial charge in [0.15, 0.2) is 0 Å². The first kappa shape index (κ1) is 8.69. The van der Waals surface area contributed by atoms with Crippen LogP contribution in [0.2, 0.25) is 0 Å². The SMILES string of the molecule is C=CN1C(=O)C(=O)c2cc(C)ccc21. The van der Waals surface area contributed by atoms with Crippen molar-refractivity contribution in [3.63, 3.8) is 0 Å². The molecule has 0 bridgehead atoms. The molecule has 1 heterocycles. The summed E-state index contributed by atoms with van der Waals surface area (Å²) in [7, 11) is 0. The van der Waals surface area contributed by atoms with Crippen molar-refractivity contribution in [1.29, 1.82) is 0 Å². The molecule has 14 heavy (non-hydrogen) atoms. The van der Waals surface area contributed by atoms with Gasteiger partial charge in [0.25, 0.3) is 5.78 Å². The van der Waals surface area contributed by atoms with E-state index in [9.17, 15) is 9.59 Å². The Morgan fingerprint density at radius 3 is 2.71 bits per heavy atom. The molecule has 1 amide bonds. The van der Waals surface area contributed by atoms with Crippen molar-refractivity contribution in [2.45, 2.75) is 6.92 Å². The molecule has 0 saturated heterocycles. The quantitative estimate of drug-likeness (QED) is 0.627. The van der Waals surface area contributed by atoms with Crippen LogP contribution >= 0.6 is 0 Å². The van der Waals surface area contributed by atoms with Crippen LogP contribution in [0.15, 0.2) is 31.0 Å². The summed E-state index contributed by atoms with van der Waals surface area (Å²) in [5, 5.41) is 0. The topological polar surface area (TPSA) is 37.4 Å². The summed E-state index contributed by atoms with van der Waals surface area (Å²) in [6.45, 7) is 5.39. The smallest absolute Gasteiger partial charge is 0.283 e. The van der Waals surface area contributed by atoms with E-state index in [1.54, 1.807) is 12.1 Å². The van der Waals surface area contributed by atoms with Gasteiger partial charge >= 0.3 is 5.91 Å².